The first kappa shape index (κ1) is 20.7. The maximum Gasteiger partial charge on any atom is 0.325 e. The van der Waals surface area contributed by atoms with Crippen LogP contribution in [0.1, 0.15) is 30.9 Å². The highest BCUT2D eigenvalue weighted by atomic mass is 16.7. The van der Waals surface area contributed by atoms with E-state index in [0.29, 0.717) is 18.0 Å². The number of carbonyl (C=O) groups excluding carboxylic acids is 3. The molecule has 1 saturated heterocycles. The minimum Gasteiger partial charge on any atom is -0.454 e. The molecule has 0 spiro atoms. The molecule has 0 bridgehead atoms. The average Bonchev–Trinajstić information content (AvgIpc) is 3.30. The second-order valence-corrected chi connectivity index (χ2v) is 8.13. The Kier molecular flexibility index (Phi) is 5.54. The van der Waals surface area contributed by atoms with E-state index in [2.05, 4.69) is 10.6 Å². The van der Waals surface area contributed by atoms with Crippen LogP contribution in [0.15, 0.2) is 48.5 Å². The molecule has 162 valence electrons. The van der Waals surface area contributed by atoms with Gasteiger partial charge in [0.15, 0.2) is 11.5 Å². The third-order valence-electron chi connectivity index (χ3n) is 5.62. The number of amides is 4. The first-order valence-corrected chi connectivity index (χ1v) is 10.2. The van der Waals surface area contributed by atoms with Crippen LogP contribution >= 0.6 is 0 Å². The minimum atomic E-state index is -1.14. The fourth-order valence-corrected chi connectivity index (χ4v) is 3.84. The number of fused-ring (bicyclic) bond motifs is 1. The van der Waals surface area contributed by atoms with Crippen LogP contribution in [-0.4, -0.2) is 48.2 Å². The maximum absolute atomic E-state index is 13.0. The van der Waals surface area contributed by atoms with Crippen LogP contribution in [0.3, 0.4) is 0 Å². The molecule has 2 heterocycles. The fourth-order valence-electron chi connectivity index (χ4n) is 3.84. The topological polar surface area (TPSA) is 97.0 Å². The molecule has 2 atom stereocenters. The molecule has 0 saturated carbocycles. The van der Waals surface area contributed by atoms with Gasteiger partial charge in [0.1, 0.15) is 12.1 Å². The summed E-state index contributed by atoms with van der Waals surface area (Å²) in [6.07, 6.45) is 0.275. The van der Waals surface area contributed by atoms with Crippen molar-refractivity contribution < 1.29 is 23.9 Å². The molecule has 0 aromatic heterocycles. The molecule has 1 fully saturated rings. The summed E-state index contributed by atoms with van der Waals surface area (Å²) in [5.41, 5.74) is 0.792. The Morgan fingerprint density at radius 1 is 1.16 bits per heavy atom. The molecule has 31 heavy (non-hydrogen) atoms. The number of nitrogens with zero attached hydrogens (tertiary/aromatic N) is 1. The van der Waals surface area contributed by atoms with E-state index in [4.69, 9.17) is 9.47 Å². The summed E-state index contributed by atoms with van der Waals surface area (Å²) in [5, 5.41) is 5.54. The Bertz CT molecular complexity index is 1010. The fraction of sp³-hybridized carbons (Fsp3) is 0.348. The van der Waals surface area contributed by atoms with Crippen molar-refractivity contribution in [2.75, 3.05) is 19.9 Å². The molecule has 4 amide bonds. The standard InChI is InChI=1S/C23H25N3O5/c1-15(17-6-4-3-5-7-17)12-24-20(27)13-26-21(28)23(2,25-22(26)29)11-16-8-9-18-19(10-16)31-14-30-18/h3-10,15H,11-14H2,1-2H3,(H,24,27)(H,25,29)/t15-,23-/m0/s1. The number of hydrogen-bond donors (Lipinski definition) is 2. The maximum atomic E-state index is 13.0. The number of carbonyl (C=O) groups is 3. The van der Waals surface area contributed by atoms with Crippen LogP contribution in [0, 0.1) is 0 Å². The monoisotopic (exact) mass is 423 g/mol. The first-order chi connectivity index (χ1) is 14.9. The smallest absolute Gasteiger partial charge is 0.325 e. The van der Waals surface area contributed by atoms with Gasteiger partial charge in [-0.1, -0.05) is 43.3 Å². The molecule has 0 unspecified atom stereocenters. The number of hydrogen-bond acceptors (Lipinski definition) is 5. The number of rotatable bonds is 7. The zero-order chi connectivity index (χ0) is 22.0. The van der Waals surface area contributed by atoms with E-state index in [1.807, 2.05) is 43.3 Å². The SMILES string of the molecule is C[C@@H](CNC(=O)CN1C(=O)N[C@@](C)(Cc2ccc3c(c2)OCO3)C1=O)c1ccccc1. The summed E-state index contributed by atoms with van der Waals surface area (Å²) in [6, 6.07) is 14.7. The second-order valence-electron chi connectivity index (χ2n) is 8.13. The average molecular weight is 423 g/mol. The van der Waals surface area contributed by atoms with Crippen molar-refractivity contribution in [3.05, 3.63) is 59.7 Å². The predicted octanol–water partition coefficient (Wildman–Crippen LogP) is 2.19. The Labute approximate surface area is 180 Å². The van der Waals surface area contributed by atoms with Crippen molar-refractivity contribution in [2.24, 2.45) is 0 Å². The zero-order valence-corrected chi connectivity index (χ0v) is 17.5. The van der Waals surface area contributed by atoms with E-state index < -0.39 is 17.5 Å². The van der Waals surface area contributed by atoms with Gasteiger partial charge in [0, 0.05) is 13.0 Å². The summed E-state index contributed by atoms with van der Waals surface area (Å²) in [7, 11) is 0. The number of imide groups is 1. The van der Waals surface area contributed by atoms with E-state index in [0.717, 1.165) is 16.0 Å². The summed E-state index contributed by atoms with van der Waals surface area (Å²) >= 11 is 0. The van der Waals surface area contributed by atoms with Gasteiger partial charge in [-0.25, -0.2) is 4.79 Å². The molecular weight excluding hydrogens is 398 g/mol. The van der Waals surface area contributed by atoms with Gasteiger partial charge in [-0.3, -0.25) is 14.5 Å². The summed E-state index contributed by atoms with van der Waals surface area (Å²) in [5.74, 6) is 0.574. The van der Waals surface area contributed by atoms with Gasteiger partial charge in [0.2, 0.25) is 12.7 Å². The van der Waals surface area contributed by atoms with Gasteiger partial charge in [-0.2, -0.15) is 0 Å². The first-order valence-electron chi connectivity index (χ1n) is 10.2. The van der Waals surface area contributed by atoms with Gasteiger partial charge < -0.3 is 20.1 Å². The quantitative estimate of drug-likeness (QED) is 0.666. The van der Waals surface area contributed by atoms with E-state index in [9.17, 15) is 14.4 Å². The molecule has 2 aliphatic heterocycles. The number of benzene rings is 2. The number of ether oxygens (including phenoxy) is 2. The van der Waals surface area contributed by atoms with Crippen molar-refractivity contribution in [3.8, 4) is 11.5 Å². The van der Waals surface area contributed by atoms with Gasteiger partial charge >= 0.3 is 6.03 Å². The molecule has 0 aliphatic carbocycles. The van der Waals surface area contributed by atoms with Crippen LogP contribution in [-0.2, 0) is 16.0 Å². The van der Waals surface area contributed by atoms with E-state index >= 15 is 0 Å². The third-order valence-corrected chi connectivity index (χ3v) is 5.62. The van der Waals surface area contributed by atoms with E-state index in [1.165, 1.54) is 0 Å². The van der Waals surface area contributed by atoms with Crippen molar-refractivity contribution in [1.82, 2.24) is 15.5 Å². The highest BCUT2D eigenvalue weighted by Gasteiger charge is 2.48. The van der Waals surface area contributed by atoms with Crippen molar-refractivity contribution >= 4 is 17.8 Å². The Morgan fingerprint density at radius 2 is 1.90 bits per heavy atom. The van der Waals surface area contributed by atoms with Gasteiger partial charge in [0.05, 0.1) is 0 Å². The Hall–Kier alpha value is -3.55. The lowest BCUT2D eigenvalue weighted by molar-refractivity contribution is -0.134. The van der Waals surface area contributed by atoms with Crippen LogP contribution < -0.4 is 20.1 Å². The molecule has 4 rings (SSSR count). The molecule has 8 nitrogen and oxygen atoms in total. The molecule has 2 aliphatic rings. The number of urea groups is 1. The van der Waals surface area contributed by atoms with E-state index in [-0.39, 0.29) is 31.6 Å². The lowest BCUT2D eigenvalue weighted by atomic mass is 9.92. The highest BCUT2D eigenvalue weighted by Crippen LogP contribution is 2.34. The van der Waals surface area contributed by atoms with Crippen LogP contribution in [0.2, 0.25) is 0 Å². The van der Waals surface area contributed by atoms with E-state index in [1.54, 1.807) is 19.1 Å². The van der Waals surface area contributed by atoms with Crippen LogP contribution in [0.4, 0.5) is 4.79 Å². The highest BCUT2D eigenvalue weighted by molar-refractivity contribution is 6.08. The lowest BCUT2D eigenvalue weighted by Gasteiger charge is -2.22. The normalized spacial score (nSPS) is 20.5. The Morgan fingerprint density at radius 3 is 2.68 bits per heavy atom. The lowest BCUT2D eigenvalue weighted by Crippen LogP contribution is -2.47. The van der Waals surface area contributed by atoms with Gasteiger partial charge in [-0.15, -0.1) is 0 Å². The van der Waals surface area contributed by atoms with Crippen molar-refractivity contribution in [3.63, 3.8) is 0 Å². The molecule has 2 aromatic rings. The van der Waals surface area contributed by atoms with Gasteiger partial charge in [-0.05, 0) is 36.1 Å². The molecule has 2 N–H and O–H groups in total. The largest absolute Gasteiger partial charge is 0.454 e. The van der Waals surface area contributed by atoms with Crippen LogP contribution in [0.5, 0.6) is 11.5 Å². The summed E-state index contributed by atoms with van der Waals surface area (Å²) in [6.45, 7) is 3.93. The Balaban J connectivity index is 1.35. The zero-order valence-electron chi connectivity index (χ0n) is 17.5. The van der Waals surface area contributed by atoms with Crippen molar-refractivity contribution in [1.29, 1.82) is 0 Å². The third kappa shape index (κ3) is 4.33. The number of nitrogens with one attached hydrogen (secondary N) is 2. The second kappa shape index (κ2) is 8.29. The predicted molar refractivity (Wildman–Crippen MR) is 113 cm³/mol. The van der Waals surface area contributed by atoms with Gasteiger partial charge in [0.25, 0.3) is 5.91 Å². The molecular formula is C23H25N3O5. The van der Waals surface area contributed by atoms with Crippen LogP contribution in [0.25, 0.3) is 0 Å². The summed E-state index contributed by atoms with van der Waals surface area (Å²) in [4.78, 5) is 38.8. The minimum absolute atomic E-state index is 0.115. The van der Waals surface area contributed by atoms with Crippen molar-refractivity contribution in [2.45, 2.75) is 31.7 Å². The summed E-state index contributed by atoms with van der Waals surface area (Å²) < 4.78 is 10.7. The molecule has 8 heteroatoms. The molecule has 2 aromatic carbocycles. The molecule has 0 radical (unpaired) electrons.